The normalized spacial score (nSPS) is 8.72. The maximum absolute atomic E-state index is 10.9. The third-order valence-electron chi connectivity index (χ3n) is 1.86. The van der Waals surface area contributed by atoms with Gasteiger partial charge in [-0.25, -0.2) is 0 Å². The van der Waals surface area contributed by atoms with E-state index in [-0.39, 0.29) is 11.5 Å². The Kier molecular flexibility index (Phi) is 7.19. The Bertz CT molecular complexity index is 412. The van der Waals surface area contributed by atoms with Crippen LogP contribution in [0, 0.1) is 0 Å². The highest BCUT2D eigenvalue weighted by Gasteiger charge is 2.14. The molecule has 0 aliphatic heterocycles. The first-order chi connectivity index (χ1) is 8.62. The minimum atomic E-state index is -0.497. The van der Waals surface area contributed by atoms with Gasteiger partial charge in [-0.3, -0.25) is 9.59 Å². The van der Waals surface area contributed by atoms with Gasteiger partial charge >= 0.3 is 5.97 Å². The lowest BCUT2D eigenvalue weighted by Crippen LogP contribution is -2.04. The number of ether oxygens (including phenoxy) is 3. The maximum Gasteiger partial charge on any atom is 0.308 e. The smallest absolute Gasteiger partial charge is 0.308 e. The molecule has 1 aromatic rings. The fourth-order valence-corrected chi connectivity index (χ4v) is 1.25. The molecule has 0 unspecified atom stereocenters. The van der Waals surface area contributed by atoms with Crippen LogP contribution in [0.2, 0.25) is 0 Å². The Labute approximate surface area is 107 Å². The summed E-state index contributed by atoms with van der Waals surface area (Å²) in [5, 5.41) is 0. The van der Waals surface area contributed by atoms with Gasteiger partial charge in [-0.1, -0.05) is 13.8 Å². The van der Waals surface area contributed by atoms with E-state index in [1.54, 1.807) is 0 Å². The molecular formula is C13H18O5. The van der Waals surface area contributed by atoms with Crippen LogP contribution >= 0.6 is 0 Å². The Morgan fingerprint density at radius 1 is 1.11 bits per heavy atom. The number of rotatable bonds is 4. The van der Waals surface area contributed by atoms with E-state index in [0.29, 0.717) is 17.6 Å². The third kappa shape index (κ3) is 4.08. The number of hydrogen-bond donors (Lipinski definition) is 0. The highest BCUT2D eigenvalue weighted by Crippen LogP contribution is 2.38. The van der Waals surface area contributed by atoms with E-state index in [2.05, 4.69) is 0 Å². The van der Waals surface area contributed by atoms with Crippen LogP contribution in [0.4, 0.5) is 0 Å². The Hall–Kier alpha value is -2.04. The molecule has 0 heterocycles. The molecule has 0 amide bonds. The lowest BCUT2D eigenvalue weighted by Gasteiger charge is -2.12. The van der Waals surface area contributed by atoms with E-state index in [9.17, 15) is 9.59 Å². The first kappa shape index (κ1) is 16.0. The molecule has 0 bridgehead atoms. The molecule has 0 N–H and O–H groups in total. The van der Waals surface area contributed by atoms with Crippen LogP contribution in [-0.4, -0.2) is 26.5 Å². The molecule has 1 rings (SSSR count). The summed E-state index contributed by atoms with van der Waals surface area (Å²) in [6, 6.07) is 2.91. The second kappa shape index (κ2) is 8.11. The number of benzene rings is 1. The van der Waals surface area contributed by atoms with Gasteiger partial charge < -0.3 is 14.2 Å². The summed E-state index contributed by atoms with van der Waals surface area (Å²) in [6.45, 7) is 5.26. The summed E-state index contributed by atoms with van der Waals surface area (Å²) >= 11 is 0. The molecule has 5 heteroatoms. The molecule has 100 valence electrons. The topological polar surface area (TPSA) is 61.8 Å². The Balaban J connectivity index is 0.00000137. The predicted octanol–water partition coefficient (Wildman–Crippen LogP) is 2.47. The Morgan fingerprint density at radius 2 is 1.67 bits per heavy atom. The largest absolute Gasteiger partial charge is 0.493 e. The van der Waals surface area contributed by atoms with E-state index in [4.69, 9.17) is 14.2 Å². The molecule has 0 atom stereocenters. The van der Waals surface area contributed by atoms with Crippen LogP contribution in [-0.2, 0) is 4.79 Å². The monoisotopic (exact) mass is 254 g/mol. The lowest BCUT2D eigenvalue weighted by molar-refractivity contribution is -0.132. The van der Waals surface area contributed by atoms with Gasteiger partial charge in [0.25, 0.3) is 0 Å². The van der Waals surface area contributed by atoms with E-state index >= 15 is 0 Å². The van der Waals surface area contributed by atoms with Crippen molar-refractivity contribution >= 4 is 12.3 Å². The molecule has 18 heavy (non-hydrogen) atoms. The van der Waals surface area contributed by atoms with Crippen molar-refractivity contribution < 1.29 is 23.8 Å². The summed E-state index contributed by atoms with van der Waals surface area (Å²) in [6.07, 6.45) is 0.634. The van der Waals surface area contributed by atoms with Crippen LogP contribution in [0.25, 0.3) is 0 Å². The van der Waals surface area contributed by atoms with Crippen LogP contribution in [0.5, 0.6) is 17.2 Å². The van der Waals surface area contributed by atoms with Gasteiger partial charge in [0.2, 0.25) is 5.75 Å². The van der Waals surface area contributed by atoms with Gasteiger partial charge in [0, 0.05) is 12.5 Å². The van der Waals surface area contributed by atoms with Gasteiger partial charge in [0.15, 0.2) is 11.5 Å². The predicted molar refractivity (Wildman–Crippen MR) is 67.6 cm³/mol. The van der Waals surface area contributed by atoms with Crippen LogP contribution in [0.3, 0.4) is 0 Å². The van der Waals surface area contributed by atoms with Crippen molar-refractivity contribution in [1.82, 2.24) is 0 Å². The molecule has 0 aliphatic rings. The first-order valence-corrected chi connectivity index (χ1v) is 5.52. The van der Waals surface area contributed by atoms with Crippen molar-refractivity contribution in [2.45, 2.75) is 20.8 Å². The number of hydrogen-bond acceptors (Lipinski definition) is 5. The highest BCUT2D eigenvalue weighted by molar-refractivity contribution is 5.80. The highest BCUT2D eigenvalue weighted by atomic mass is 16.6. The van der Waals surface area contributed by atoms with Gasteiger partial charge in [-0.15, -0.1) is 0 Å². The van der Waals surface area contributed by atoms with Crippen molar-refractivity contribution in [3.63, 3.8) is 0 Å². The molecule has 0 aromatic heterocycles. The lowest BCUT2D eigenvalue weighted by atomic mass is 10.2. The van der Waals surface area contributed by atoms with E-state index < -0.39 is 5.97 Å². The molecule has 0 radical (unpaired) electrons. The minimum Gasteiger partial charge on any atom is -0.493 e. The van der Waals surface area contributed by atoms with Crippen molar-refractivity contribution in [3.05, 3.63) is 17.7 Å². The fourth-order valence-electron chi connectivity index (χ4n) is 1.25. The summed E-state index contributed by atoms with van der Waals surface area (Å²) in [5.41, 5.74) is 0.342. The van der Waals surface area contributed by atoms with Crippen molar-refractivity contribution in [2.75, 3.05) is 14.2 Å². The van der Waals surface area contributed by atoms with E-state index in [1.165, 1.54) is 33.3 Å². The summed E-state index contributed by atoms with van der Waals surface area (Å²) in [7, 11) is 2.86. The number of carbonyl (C=O) groups excluding carboxylic acids is 2. The molecule has 1 aromatic carbocycles. The Morgan fingerprint density at radius 3 is 2.06 bits per heavy atom. The van der Waals surface area contributed by atoms with E-state index in [0.717, 1.165) is 0 Å². The zero-order chi connectivity index (χ0) is 14.1. The number of methoxy groups -OCH3 is 2. The average Bonchev–Trinajstić information content (AvgIpc) is 2.39. The van der Waals surface area contributed by atoms with Crippen LogP contribution in [0.15, 0.2) is 12.1 Å². The van der Waals surface area contributed by atoms with Crippen molar-refractivity contribution in [3.8, 4) is 17.2 Å². The SMILES string of the molecule is CC.COc1cc(C=O)cc(OC(C)=O)c1OC. The molecule has 5 nitrogen and oxygen atoms in total. The van der Waals surface area contributed by atoms with E-state index in [1.807, 2.05) is 13.8 Å². The van der Waals surface area contributed by atoms with Crippen molar-refractivity contribution in [2.24, 2.45) is 0 Å². The quantitative estimate of drug-likeness (QED) is 0.469. The number of aldehydes is 1. The maximum atomic E-state index is 10.9. The number of esters is 1. The summed E-state index contributed by atoms with van der Waals surface area (Å²) < 4.78 is 15.0. The molecule has 0 saturated heterocycles. The zero-order valence-electron chi connectivity index (χ0n) is 11.3. The molecular weight excluding hydrogens is 236 g/mol. The molecule has 0 fully saturated rings. The van der Waals surface area contributed by atoms with Crippen LogP contribution in [0.1, 0.15) is 31.1 Å². The molecule has 0 aliphatic carbocycles. The van der Waals surface area contributed by atoms with Gasteiger partial charge in [-0.05, 0) is 12.1 Å². The first-order valence-electron chi connectivity index (χ1n) is 5.52. The van der Waals surface area contributed by atoms with Gasteiger partial charge in [0.1, 0.15) is 6.29 Å². The standard InChI is InChI=1S/C11H12O5.C2H6/c1-7(13)16-10-5-8(6-12)4-9(14-2)11(10)15-3;1-2/h4-6H,1-3H3;1-2H3. The summed E-state index contributed by atoms with van der Waals surface area (Å²) in [4.78, 5) is 21.5. The van der Waals surface area contributed by atoms with Gasteiger partial charge in [-0.2, -0.15) is 0 Å². The summed E-state index contributed by atoms with van der Waals surface area (Å²) in [5.74, 6) is 0.284. The second-order valence-corrected chi connectivity index (χ2v) is 2.97. The van der Waals surface area contributed by atoms with Crippen LogP contribution < -0.4 is 14.2 Å². The second-order valence-electron chi connectivity index (χ2n) is 2.97. The average molecular weight is 254 g/mol. The van der Waals surface area contributed by atoms with Gasteiger partial charge in [0.05, 0.1) is 14.2 Å². The van der Waals surface area contributed by atoms with Crippen molar-refractivity contribution in [1.29, 1.82) is 0 Å². The molecule has 0 saturated carbocycles. The fraction of sp³-hybridized carbons (Fsp3) is 0.385. The minimum absolute atomic E-state index is 0.163. The number of carbonyl (C=O) groups is 2. The third-order valence-corrected chi connectivity index (χ3v) is 1.86. The molecule has 0 spiro atoms. The zero-order valence-corrected chi connectivity index (χ0v) is 11.3.